The zero-order valence-corrected chi connectivity index (χ0v) is 12.9. The van der Waals surface area contributed by atoms with Gasteiger partial charge in [0.15, 0.2) is 0 Å². The highest BCUT2D eigenvalue weighted by atomic mass is 79.9. The Morgan fingerprint density at radius 2 is 1.76 bits per heavy atom. The number of nitrogens with zero attached hydrogens (tertiary/aromatic N) is 1. The molecule has 1 aromatic carbocycles. The fourth-order valence-corrected chi connectivity index (χ4v) is 2.34. The van der Waals surface area contributed by atoms with Crippen molar-refractivity contribution in [2.24, 2.45) is 0 Å². The van der Waals surface area contributed by atoms with Crippen LogP contribution in [0.2, 0.25) is 0 Å². The highest BCUT2D eigenvalue weighted by Crippen LogP contribution is 2.33. The van der Waals surface area contributed by atoms with Crippen molar-refractivity contribution in [3.8, 4) is 0 Å². The first-order chi connectivity index (χ1) is 9.79. The Balaban J connectivity index is 2.39. The van der Waals surface area contributed by atoms with Crippen LogP contribution in [-0.4, -0.2) is 12.0 Å². The molecule has 3 nitrogen and oxygen atoms in total. The van der Waals surface area contributed by atoms with Gasteiger partial charge in [0.2, 0.25) is 0 Å². The zero-order valence-electron chi connectivity index (χ0n) is 11.3. The first-order valence-corrected chi connectivity index (χ1v) is 6.89. The fraction of sp³-hybridized carbons (Fsp3) is 0.214. The Morgan fingerprint density at radius 1 is 1.10 bits per heavy atom. The van der Waals surface area contributed by atoms with Crippen LogP contribution in [0.5, 0.6) is 0 Å². The molecule has 0 aliphatic heterocycles. The molecule has 1 heterocycles. The number of hydrogen-bond acceptors (Lipinski definition) is 3. The van der Waals surface area contributed by atoms with E-state index in [0.29, 0.717) is 5.69 Å². The predicted octanol–water partition coefficient (Wildman–Crippen LogP) is 4.96. The number of rotatable bonds is 3. The summed E-state index contributed by atoms with van der Waals surface area (Å²) in [6.07, 6.45) is -4.42. The fourth-order valence-electron chi connectivity index (χ4n) is 1.75. The van der Waals surface area contributed by atoms with E-state index in [0.717, 1.165) is 22.2 Å². The van der Waals surface area contributed by atoms with Crippen LogP contribution < -0.4 is 10.6 Å². The maximum Gasteiger partial charge on any atom is 0.416 e. The molecule has 112 valence electrons. The first kappa shape index (κ1) is 15.6. The van der Waals surface area contributed by atoms with E-state index in [1.165, 1.54) is 7.05 Å². The molecular weight excluding hydrogens is 347 g/mol. The van der Waals surface area contributed by atoms with Crippen LogP contribution in [0.1, 0.15) is 11.1 Å². The molecule has 2 rings (SSSR count). The Bertz CT molecular complexity index is 656. The van der Waals surface area contributed by atoms with E-state index in [9.17, 15) is 13.2 Å². The summed E-state index contributed by atoms with van der Waals surface area (Å²) in [5.74, 6) is 0.272. The lowest BCUT2D eigenvalue weighted by Crippen LogP contribution is -2.08. The third-order valence-electron chi connectivity index (χ3n) is 2.80. The molecule has 0 aliphatic rings. The lowest BCUT2D eigenvalue weighted by molar-refractivity contribution is -0.137. The number of hydrogen-bond donors (Lipinski definition) is 2. The van der Waals surface area contributed by atoms with E-state index in [-0.39, 0.29) is 11.6 Å². The van der Waals surface area contributed by atoms with E-state index in [1.807, 2.05) is 19.1 Å². The summed E-state index contributed by atoms with van der Waals surface area (Å²) in [6, 6.07) is 7.46. The molecule has 7 heteroatoms. The van der Waals surface area contributed by atoms with Gasteiger partial charge in [0.1, 0.15) is 11.6 Å². The standard InChI is InChI=1S/C14H13BrF3N3/c1-8-3-4-11(10(15)5-8)20-13-7-9(14(16,17)18)6-12(19-2)21-13/h3-7H,1-2H3,(H2,19,20,21). The van der Waals surface area contributed by atoms with Gasteiger partial charge >= 0.3 is 6.18 Å². The minimum Gasteiger partial charge on any atom is -0.373 e. The number of benzene rings is 1. The summed E-state index contributed by atoms with van der Waals surface area (Å²) in [7, 11) is 1.52. The molecular formula is C14H13BrF3N3. The van der Waals surface area contributed by atoms with Crippen molar-refractivity contribution in [3.05, 3.63) is 45.9 Å². The van der Waals surface area contributed by atoms with Crippen molar-refractivity contribution in [1.29, 1.82) is 0 Å². The molecule has 0 atom stereocenters. The Kier molecular flexibility index (Phi) is 4.41. The predicted molar refractivity (Wildman–Crippen MR) is 80.9 cm³/mol. The van der Waals surface area contributed by atoms with Crippen molar-refractivity contribution < 1.29 is 13.2 Å². The molecule has 0 unspecified atom stereocenters. The average molecular weight is 360 g/mol. The molecule has 0 amide bonds. The maximum atomic E-state index is 12.9. The van der Waals surface area contributed by atoms with Gasteiger partial charge < -0.3 is 10.6 Å². The second-order valence-electron chi connectivity index (χ2n) is 4.48. The number of halogens is 4. The summed E-state index contributed by atoms with van der Waals surface area (Å²) >= 11 is 3.37. The van der Waals surface area contributed by atoms with E-state index < -0.39 is 11.7 Å². The highest BCUT2D eigenvalue weighted by Gasteiger charge is 2.31. The molecule has 21 heavy (non-hydrogen) atoms. The Morgan fingerprint density at radius 3 is 2.33 bits per heavy atom. The number of aryl methyl sites for hydroxylation is 1. The second-order valence-corrected chi connectivity index (χ2v) is 5.34. The molecule has 0 fully saturated rings. The van der Waals surface area contributed by atoms with Crippen molar-refractivity contribution in [2.45, 2.75) is 13.1 Å². The van der Waals surface area contributed by atoms with Crippen molar-refractivity contribution in [1.82, 2.24) is 4.98 Å². The van der Waals surface area contributed by atoms with Crippen LogP contribution in [0.4, 0.5) is 30.5 Å². The highest BCUT2D eigenvalue weighted by molar-refractivity contribution is 9.10. The molecule has 0 aliphatic carbocycles. The van der Waals surface area contributed by atoms with E-state index >= 15 is 0 Å². The molecule has 0 radical (unpaired) electrons. The van der Waals surface area contributed by atoms with Gasteiger partial charge in [-0.1, -0.05) is 6.07 Å². The monoisotopic (exact) mass is 359 g/mol. The summed E-state index contributed by atoms with van der Waals surface area (Å²) in [6.45, 7) is 1.93. The van der Waals surface area contributed by atoms with Crippen molar-refractivity contribution in [2.75, 3.05) is 17.7 Å². The number of anilines is 3. The molecule has 0 spiro atoms. The SMILES string of the molecule is CNc1cc(C(F)(F)F)cc(Nc2ccc(C)cc2Br)n1. The number of pyridine rings is 1. The lowest BCUT2D eigenvalue weighted by Gasteiger charge is -2.13. The minimum atomic E-state index is -4.42. The quantitative estimate of drug-likeness (QED) is 0.813. The molecule has 0 bridgehead atoms. The lowest BCUT2D eigenvalue weighted by atomic mass is 10.2. The maximum absolute atomic E-state index is 12.9. The van der Waals surface area contributed by atoms with E-state index in [2.05, 4.69) is 31.5 Å². The summed E-state index contributed by atoms with van der Waals surface area (Å²) in [4.78, 5) is 4.08. The smallest absolute Gasteiger partial charge is 0.373 e. The van der Waals surface area contributed by atoms with E-state index in [1.54, 1.807) is 6.07 Å². The van der Waals surface area contributed by atoms with Crippen LogP contribution in [-0.2, 0) is 6.18 Å². The Labute approximate surface area is 128 Å². The van der Waals surface area contributed by atoms with Crippen molar-refractivity contribution in [3.63, 3.8) is 0 Å². The average Bonchev–Trinajstić information content (AvgIpc) is 2.40. The van der Waals surface area contributed by atoms with Crippen molar-refractivity contribution >= 4 is 33.3 Å². The molecule has 0 saturated heterocycles. The third kappa shape index (κ3) is 3.87. The molecule has 2 aromatic rings. The van der Waals surface area contributed by atoms with Crippen LogP contribution in [0, 0.1) is 6.92 Å². The van der Waals surface area contributed by atoms with Gasteiger partial charge in [0.05, 0.1) is 11.3 Å². The van der Waals surface area contributed by atoms with Gasteiger partial charge in [-0.2, -0.15) is 13.2 Å². The van der Waals surface area contributed by atoms with Gasteiger partial charge in [-0.25, -0.2) is 4.98 Å². The molecule has 2 N–H and O–H groups in total. The van der Waals surface area contributed by atoms with Crippen LogP contribution in [0.3, 0.4) is 0 Å². The second kappa shape index (κ2) is 5.93. The number of aromatic nitrogens is 1. The zero-order chi connectivity index (χ0) is 15.6. The van der Waals surface area contributed by atoms with Gasteiger partial charge in [0.25, 0.3) is 0 Å². The van der Waals surface area contributed by atoms with E-state index in [4.69, 9.17) is 0 Å². The first-order valence-electron chi connectivity index (χ1n) is 6.10. The largest absolute Gasteiger partial charge is 0.416 e. The minimum absolute atomic E-state index is 0.124. The molecule has 1 aromatic heterocycles. The normalized spacial score (nSPS) is 11.3. The van der Waals surface area contributed by atoms with Crippen LogP contribution in [0.15, 0.2) is 34.8 Å². The van der Waals surface area contributed by atoms with Crippen LogP contribution >= 0.6 is 15.9 Å². The van der Waals surface area contributed by atoms with Crippen LogP contribution in [0.25, 0.3) is 0 Å². The molecule has 0 saturated carbocycles. The van der Waals surface area contributed by atoms with Gasteiger partial charge in [0, 0.05) is 11.5 Å². The Hall–Kier alpha value is -1.76. The topological polar surface area (TPSA) is 37.0 Å². The summed E-state index contributed by atoms with van der Waals surface area (Å²) < 4.78 is 39.3. The third-order valence-corrected chi connectivity index (χ3v) is 3.45. The summed E-state index contributed by atoms with van der Waals surface area (Å²) in [5, 5.41) is 5.52. The number of nitrogens with one attached hydrogen (secondary N) is 2. The van der Waals surface area contributed by atoms with Gasteiger partial charge in [-0.3, -0.25) is 0 Å². The summed E-state index contributed by atoms with van der Waals surface area (Å²) in [5.41, 5.74) is 0.933. The number of alkyl halides is 3. The van der Waals surface area contributed by atoms with Gasteiger partial charge in [-0.15, -0.1) is 0 Å². The van der Waals surface area contributed by atoms with Gasteiger partial charge in [-0.05, 0) is 52.7 Å².